The number of urea groups is 1. The van der Waals surface area contributed by atoms with Crippen LogP contribution in [0, 0.1) is 6.92 Å². The zero-order valence-electron chi connectivity index (χ0n) is 20.4. The van der Waals surface area contributed by atoms with Crippen molar-refractivity contribution in [3.63, 3.8) is 0 Å². The van der Waals surface area contributed by atoms with Crippen molar-refractivity contribution in [2.75, 3.05) is 29.6 Å². The number of rotatable bonds is 8. The molecule has 36 heavy (non-hydrogen) atoms. The van der Waals surface area contributed by atoms with E-state index >= 15 is 0 Å². The number of aryl methyl sites for hydroxylation is 1. The number of carbonyl (C=O) groups is 2. The van der Waals surface area contributed by atoms with Crippen LogP contribution in [0.25, 0.3) is 10.6 Å². The van der Waals surface area contributed by atoms with E-state index in [1.54, 1.807) is 0 Å². The van der Waals surface area contributed by atoms with E-state index in [2.05, 4.69) is 26.1 Å². The van der Waals surface area contributed by atoms with Gasteiger partial charge in [0.2, 0.25) is 11.0 Å². The molecule has 1 heterocycles. The van der Waals surface area contributed by atoms with Crippen LogP contribution in [0.15, 0.2) is 78.9 Å². The second kappa shape index (κ2) is 11.5. The Kier molecular flexibility index (Phi) is 7.92. The summed E-state index contributed by atoms with van der Waals surface area (Å²) in [6, 6.07) is 23.6. The second-order valence-corrected chi connectivity index (χ2v) is 9.53. The number of amides is 3. The Morgan fingerprint density at radius 1 is 0.889 bits per heavy atom. The van der Waals surface area contributed by atoms with Crippen LogP contribution in [0.2, 0.25) is 0 Å². The first kappa shape index (κ1) is 24.9. The highest BCUT2D eigenvalue weighted by Gasteiger charge is 2.23. The predicted molar refractivity (Wildman–Crippen MR) is 146 cm³/mol. The van der Waals surface area contributed by atoms with Gasteiger partial charge in [0.1, 0.15) is 11.0 Å². The average Bonchev–Trinajstić information content (AvgIpc) is 3.34. The van der Waals surface area contributed by atoms with Crippen LogP contribution in [0.3, 0.4) is 0 Å². The van der Waals surface area contributed by atoms with Gasteiger partial charge in [-0.1, -0.05) is 59.4 Å². The number of hydrogen-bond acceptors (Lipinski definition) is 6. The van der Waals surface area contributed by atoms with Gasteiger partial charge < -0.3 is 15.5 Å². The second-order valence-electron chi connectivity index (χ2n) is 8.55. The number of nitrogens with one attached hydrogen (secondary N) is 3. The summed E-state index contributed by atoms with van der Waals surface area (Å²) in [7, 11) is 3.96. The van der Waals surface area contributed by atoms with Gasteiger partial charge in [-0.3, -0.25) is 10.1 Å². The molecule has 3 amide bonds. The first-order valence-corrected chi connectivity index (χ1v) is 12.3. The van der Waals surface area contributed by atoms with Gasteiger partial charge in [-0.05, 0) is 48.9 Å². The molecule has 0 spiro atoms. The third-order valence-electron chi connectivity index (χ3n) is 5.50. The molecule has 0 aliphatic rings. The normalized spacial score (nSPS) is 11.4. The van der Waals surface area contributed by atoms with Gasteiger partial charge in [-0.15, -0.1) is 10.2 Å². The van der Waals surface area contributed by atoms with Crippen molar-refractivity contribution < 1.29 is 9.59 Å². The van der Waals surface area contributed by atoms with E-state index in [1.807, 2.05) is 105 Å². The largest absolute Gasteiger partial charge is 0.378 e. The Morgan fingerprint density at radius 2 is 1.58 bits per heavy atom. The summed E-state index contributed by atoms with van der Waals surface area (Å²) in [5.41, 5.74) is 4.65. The van der Waals surface area contributed by atoms with Gasteiger partial charge in [0.25, 0.3) is 0 Å². The molecule has 0 fully saturated rings. The molecule has 4 aromatic rings. The number of aromatic nitrogens is 2. The lowest BCUT2D eigenvalue weighted by molar-refractivity contribution is -0.117. The lowest BCUT2D eigenvalue weighted by Gasteiger charge is -2.18. The molecule has 0 bridgehead atoms. The Bertz CT molecular complexity index is 1300. The fourth-order valence-electron chi connectivity index (χ4n) is 3.51. The van der Waals surface area contributed by atoms with Crippen molar-refractivity contribution in [1.82, 2.24) is 15.5 Å². The van der Waals surface area contributed by atoms with E-state index in [-0.39, 0.29) is 5.91 Å². The quantitative estimate of drug-likeness (QED) is 0.318. The van der Waals surface area contributed by atoms with Gasteiger partial charge in [0.15, 0.2) is 0 Å². The summed E-state index contributed by atoms with van der Waals surface area (Å²) in [5.74, 6) is -0.372. The van der Waals surface area contributed by atoms with E-state index in [4.69, 9.17) is 0 Å². The Labute approximate surface area is 214 Å². The number of hydrogen-bond donors (Lipinski definition) is 3. The fourth-order valence-corrected chi connectivity index (χ4v) is 4.26. The number of carbonyl (C=O) groups excluding carboxylic acids is 2. The first-order chi connectivity index (χ1) is 17.4. The molecule has 0 radical (unpaired) electrons. The van der Waals surface area contributed by atoms with Gasteiger partial charge in [-0.25, -0.2) is 4.79 Å². The lowest BCUT2D eigenvalue weighted by Crippen LogP contribution is -2.46. The minimum Gasteiger partial charge on any atom is -0.378 e. The maximum Gasteiger partial charge on any atom is 0.319 e. The van der Waals surface area contributed by atoms with Crippen LogP contribution in [0.4, 0.5) is 21.3 Å². The van der Waals surface area contributed by atoms with Crippen molar-refractivity contribution in [3.8, 4) is 10.6 Å². The van der Waals surface area contributed by atoms with Crippen LogP contribution < -0.4 is 20.9 Å². The first-order valence-electron chi connectivity index (χ1n) is 11.5. The zero-order valence-corrected chi connectivity index (χ0v) is 21.2. The SMILES string of the molecule is Cc1ccc(NC(=O)NC(Cc2ccccc2)C(=O)Nc2nnc(-c3ccc(N(C)C)cc3)s2)cc1. The van der Waals surface area contributed by atoms with Crippen LogP contribution in [-0.4, -0.2) is 42.3 Å². The van der Waals surface area contributed by atoms with Crippen LogP contribution in [-0.2, 0) is 11.2 Å². The smallest absolute Gasteiger partial charge is 0.319 e. The van der Waals surface area contributed by atoms with Crippen LogP contribution in [0.5, 0.6) is 0 Å². The molecule has 8 nitrogen and oxygen atoms in total. The molecule has 4 rings (SSSR count). The van der Waals surface area contributed by atoms with Crippen molar-refractivity contribution in [2.24, 2.45) is 0 Å². The molecular weight excluding hydrogens is 472 g/mol. The maximum atomic E-state index is 13.2. The summed E-state index contributed by atoms with van der Waals surface area (Å²) < 4.78 is 0. The van der Waals surface area contributed by atoms with Crippen molar-refractivity contribution in [2.45, 2.75) is 19.4 Å². The summed E-state index contributed by atoms with van der Waals surface area (Å²) in [4.78, 5) is 27.9. The monoisotopic (exact) mass is 500 g/mol. The molecular formula is C27H28N6O2S. The molecule has 3 N–H and O–H groups in total. The summed E-state index contributed by atoms with van der Waals surface area (Å²) in [5, 5.41) is 17.8. The highest BCUT2D eigenvalue weighted by Crippen LogP contribution is 2.28. The number of anilines is 3. The van der Waals surface area contributed by atoms with E-state index in [1.165, 1.54) is 11.3 Å². The number of nitrogens with zero attached hydrogens (tertiary/aromatic N) is 3. The number of benzene rings is 3. The van der Waals surface area contributed by atoms with E-state index in [0.717, 1.165) is 22.4 Å². The van der Waals surface area contributed by atoms with Gasteiger partial charge in [0, 0.05) is 37.5 Å². The molecule has 1 aromatic heterocycles. The summed E-state index contributed by atoms with van der Waals surface area (Å²) in [6.07, 6.45) is 0.325. The third-order valence-corrected chi connectivity index (χ3v) is 6.39. The highest BCUT2D eigenvalue weighted by molar-refractivity contribution is 7.18. The minimum absolute atomic E-state index is 0.325. The Morgan fingerprint density at radius 3 is 2.25 bits per heavy atom. The van der Waals surface area contributed by atoms with Crippen molar-refractivity contribution in [3.05, 3.63) is 90.0 Å². The van der Waals surface area contributed by atoms with Gasteiger partial charge in [0.05, 0.1) is 0 Å². The molecule has 0 aliphatic carbocycles. The molecule has 0 aliphatic heterocycles. The molecule has 1 atom stereocenters. The molecule has 0 saturated carbocycles. The third kappa shape index (κ3) is 6.67. The molecule has 3 aromatic carbocycles. The average molecular weight is 501 g/mol. The molecule has 1 unspecified atom stereocenters. The van der Waals surface area contributed by atoms with Crippen molar-refractivity contribution in [1.29, 1.82) is 0 Å². The minimum atomic E-state index is -0.815. The van der Waals surface area contributed by atoms with E-state index < -0.39 is 12.1 Å². The van der Waals surface area contributed by atoms with Crippen molar-refractivity contribution >= 4 is 39.8 Å². The van der Waals surface area contributed by atoms with E-state index in [9.17, 15) is 9.59 Å². The van der Waals surface area contributed by atoms with Crippen LogP contribution in [0.1, 0.15) is 11.1 Å². The Hall–Kier alpha value is -4.24. The molecule has 0 saturated heterocycles. The summed E-state index contributed by atoms with van der Waals surface area (Å²) >= 11 is 1.28. The van der Waals surface area contributed by atoms with Gasteiger partial charge >= 0.3 is 6.03 Å². The summed E-state index contributed by atoms with van der Waals surface area (Å²) in [6.45, 7) is 1.97. The Balaban J connectivity index is 1.46. The fraction of sp³-hybridized carbons (Fsp3) is 0.185. The van der Waals surface area contributed by atoms with E-state index in [0.29, 0.717) is 22.2 Å². The predicted octanol–water partition coefficient (Wildman–Crippen LogP) is 4.95. The standard InChI is InChI=1S/C27H28N6O2S/c1-18-9-13-21(14-10-18)28-26(35)29-23(17-19-7-5-4-6-8-19)24(34)30-27-32-31-25(36-27)20-11-15-22(16-12-20)33(2)3/h4-16,23H,17H2,1-3H3,(H2,28,29,35)(H,30,32,34). The maximum absolute atomic E-state index is 13.2. The zero-order chi connectivity index (χ0) is 25.5. The topological polar surface area (TPSA) is 99.2 Å². The van der Waals surface area contributed by atoms with Crippen LogP contribution >= 0.6 is 11.3 Å². The highest BCUT2D eigenvalue weighted by atomic mass is 32.1. The molecule has 9 heteroatoms. The molecule has 184 valence electrons. The van der Waals surface area contributed by atoms with Gasteiger partial charge in [-0.2, -0.15) is 0 Å². The lowest BCUT2D eigenvalue weighted by atomic mass is 10.1.